The lowest BCUT2D eigenvalue weighted by molar-refractivity contribution is 0.0727. The number of halogens is 2. The number of rotatable bonds is 8. The van der Waals surface area contributed by atoms with Gasteiger partial charge in [-0.3, -0.25) is 4.79 Å². The van der Waals surface area contributed by atoms with E-state index in [2.05, 4.69) is 0 Å². The first-order valence-corrected chi connectivity index (χ1v) is 9.18. The van der Waals surface area contributed by atoms with Gasteiger partial charge in [-0.1, -0.05) is 6.07 Å². The first-order chi connectivity index (χ1) is 13.0. The fraction of sp³-hybridized carbons (Fsp3) is 0.381. The Morgan fingerprint density at radius 3 is 2.37 bits per heavy atom. The number of benzene rings is 2. The van der Waals surface area contributed by atoms with E-state index in [1.807, 2.05) is 13.8 Å². The van der Waals surface area contributed by atoms with Crippen LogP contribution in [-0.2, 0) is 6.54 Å². The molecule has 0 radical (unpaired) electrons. The largest absolute Gasteiger partial charge is 0.490 e. The van der Waals surface area contributed by atoms with Crippen molar-refractivity contribution < 1.29 is 23.0 Å². The molecule has 1 amide bonds. The third kappa shape index (κ3) is 4.56. The van der Waals surface area contributed by atoms with E-state index in [0.29, 0.717) is 35.8 Å². The predicted octanol–water partition coefficient (Wildman–Crippen LogP) is 4.57. The lowest BCUT2D eigenvalue weighted by Gasteiger charge is -2.23. The van der Waals surface area contributed by atoms with Gasteiger partial charge in [0.15, 0.2) is 11.5 Å². The molecule has 4 nitrogen and oxygen atoms in total. The molecule has 0 atom stereocenters. The molecular formula is C21H23F2NO3. The summed E-state index contributed by atoms with van der Waals surface area (Å²) >= 11 is 0. The maximum Gasteiger partial charge on any atom is 0.254 e. The molecule has 1 saturated carbocycles. The Labute approximate surface area is 157 Å². The third-order valence-corrected chi connectivity index (χ3v) is 4.39. The van der Waals surface area contributed by atoms with E-state index >= 15 is 0 Å². The molecule has 2 aromatic rings. The zero-order chi connectivity index (χ0) is 19.4. The van der Waals surface area contributed by atoms with E-state index in [1.54, 1.807) is 23.1 Å². The van der Waals surface area contributed by atoms with Gasteiger partial charge < -0.3 is 14.4 Å². The van der Waals surface area contributed by atoms with Gasteiger partial charge in [-0.05, 0) is 51.0 Å². The maximum absolute atomic E-state index is 14.0. The number of hydrogen-bond acceptors (Lipinski definition) is 3. The highest BCUT2D eigenvalue weighted by atomic mass is 19.1. The topological polar surface area (TPSA) is 38.8 Å². The molecule has 0 heterocycles. The molecule has 0 aliphatic heterocycles. The smallest absolute Gasteiger partial charge is 0.254 e. The van der Waals surface area contributed by atoms with E-state index in [1.165, 1.54) is 12.1 Å². The second kappa shape index (κ2) is 8.37. The molecule has 0 bridgehead atoms. The van der Waals surface area contributed by atoms with Crippen LogP contribution in [0.3, 0.4) is 0 Å². The maximum atomic E-state index is 14.0. The number of hydrogen-bond donors (Lipinski definition) is 0. The first kappa shape index (κ1) is 19.1. The van der Waals surface area contributed by atoms with Crippen LogP contribution < -0.4 is 9.47 Å². The second-order valence-corrected chi connectivity index (χ2v) is 6.43. The molecule has 0 spiro atoms. The number of carbonyl (C=O) groups excluding carboxylic acids is 1. The lowest BCUT2D eigenvalue weighted by atomic mass is 10.1. The van der Waals surface area contributed by atoms with E-state index in [9.17, 15) is 13.6 Å². The molecule has 3 rings (SSSR count). The van der Waals surface area contributed by atoms with Crippen LogP contribution in [0.4, 0.5) is 8.78 Å². The average Bonchev–Trinajstić information content (AvgIpc) is 3.47. The highest BCUT2D eigenvalue weighted by molar-refractivity contribution is 5.95. The predicted molar refractivity (Wildman–Crippen MR) is 98.0 cm³/mol. The van der Waals surface area contributed by atoms with E-state index in [-0.39, 0.29) is 18.5 Å². The standard InChI is InChI=1S/C21H23F2NO3/c1-3-26-19-10-6-14(11-20(19)27-4-2)21(25)24(17-8-9-17)13-15-5-7-16(22)12-18(15)23/h5-7,10-12,17H,3-4,8-9,13H2,1-2H3. The highest BCUT2D eigenvalue weighted by Crippen LogP contribution is 2.33. The first-order valence-electron chi connectivity index (χ1n) is 9.18. The minimum absolute atomic E-state index is 0.0732. The van der Waals surface area contributed by atoms with Crippen LogP contribution in [0.2, 0.25) is 0 Å². The summed E-state index contributed by atoms with van der Waals surface area (Å²) in [5, 5.41) is 0. The monoisotopic (exact) mass is 375 g/mol. The Balaban J connectivity index is 1.85. The highest BCUT2D eigenvalue weighted by Gasteiger charge is 2.34. The van der Waals surface area contributed by atoms with Crippen molar-refractivity contribution in [1.82, 2.24) is 4.90 Å². The normalized spacial score (nSPS) is 13.3. The summed E-state index contributed by atoms with van der Waals surface area (Å²) in [7, 11) is 0. The Kier molecular flexibility index (Phi) is 5.94. The third-order valence-electron chi connectivity index (χ3n) is 4.39. The van der Waals surface area contributed by atoms with Gasteiger partial charge in [0.1, 0.15) is 11.6 Å². The summed E-state index contributed by atoms with van der Waals surface area (Å²) in [6.07, 6.45) is 1.76. The lowest BCUT2D eigenvalue weighted by Crippen LogP contribution is -2.33. The number of nitrogens with zero attached hydrogens (tertiary/aromatic N) is 1. The van der Waals surface area contributed by atoms with Crippen molar-refractivity contribution in [3.63, 3.8) is 0 Å². The number of ether oxygens (including phenoxy) is 2. The van der Waals surface area contributed by atoms with Crippen molar-refractivity contribution in [3.8, 4) is 11.5 Å². The van der Waals surface area contributed by atoms with E-state index in [0.717, 1.165) is 18.9 Å². The zero-order valence-electron chi connectivity index (χ0n) is 15.5. The molecule has 0 aromatic heterocycles. The molecule has 6 heteroatoms. The van der Waals surface area contributed by atoms with Crippen LogP contribution in [0.25, 0.3) is 0 Å². The molecule has 1 aliphatic rings. The summed E-state index contributed by atoms with van der Waals surface area (Å²) in [6.45, 7) is 4.78. The molecule has 27 heavy (non-hydrogen) atoms. The molecule has 1 aliphatic carbocycles. The van der Waals surface area contributed by atoms with Gasteiger partial charge in [-0.15, -0.1) is 0 Å². The molecule has 0 unspecified atom stereocenters. The molecule has 0 saturated heterocycles. The van der Waals surface area contributed by atoms with E-state index < -0.39 is 11.6 Å². The number of carbonyl (C=O) groups is 1. The van der Waals surface area contributed by atoms with E-state index in [4.69, 9.17) is 9.47 Å². The minimum atomic E-state index is -0.643. The summed E-state index contributed by atoms with van der Waals surface area (Å²) < 4.78 is 38.3. The van der Waals surface area contributed by atoms with Gasteiger partial charge in [0.25, 0.3) is 5.91 Å². The summed E-state index contributed by atoms with van der Waals surface area (Å²) in [6, 6.07) is 8.57. The SMILES string of the molecule is CCOc1ccc(C(=O)N(Cc2ccc(F)cc2F)C2CC2)cc1OCC. The Bertz CT molecular complexity index is 821. The van der Waals surface area contributed by atoms with Crippen LogP contribution >= 0.6 is 0 Å². The summed E-state index contributed by atoms with van der Waals surface area (Å²) in [5.41, 5.74) is 0.754. The Hall–Kier alpha value is -2.63. The molecule has 144 valence electrons. The molecular weight excluding hydrogens is 352 g/mol. The van der Waals surface area contributed by atoms with Gasteiger partial charge >= 0.3 is 0 Å². The average molecular weight is 375 g/mol. The molecule has 0 N–H and O–H groups in total. The quantitative estimate of drug-likeness (QED) is 0.679. The number of amides is 1. The fourth-order valence-electron chi connectivity index (χ4n) is 2.94. The van der Waals surface area contributed by atoms with Crippen LogP contribution in [0.5, 0.6) is 11.5 Å². The van der Waals surface area contributed by atoms with Gasteiger partial charge in [0.2, 0.25) is 0 Å². The Morgan fingerprint density at radius 1 is 1.04 bits per heavy atom. The van der Waals surface area contributed by atoms with Gasteiger partial charge in [0, 0.05) is 29.8 Å². The van der Waals surface area contributed by atoms with Crippen molar-refractivity contribution in [2.24, 2.45) is 0 Å². The van der Waals surface area contributed by atoms with Crippen LogP contribution in [-0.4, -0.2) is 30.1 Å². The summed E-state index contributed by atoms with van der Waals surface area (Å²) in [4.78, 5) is 14.7. The van der Waals surface area contributed by atoms with Crippen LogP contribution in [0.1, 0.15) is 42.6 Å². The van der Waals surface area contributed by atoms with Crippen molar-refractivity contribution in [2.45, 2.75) is 39.3 Å². The van der Waals surface area contributed by atoms with Gasteiger partial charge in [-0.2, -0.15) is 0 Å². The minimum Gasteiger partial charge on any atom is -0.490 e. The molecule has 1 fully saturated rings. The van der Waals surface area contributed by atoms with Crippen molar-refractivity contribution >= 4 is 5.91 Å². The van der Waals surface area contributed by atoms with Crippen molar-refractivity contribution in [3.05, 3.63) is 59.2 Å². The van der Waals surface area contributed by atoms with Crippen LogP contribution in [0, 0.1) is 11.6 Å². The van der Waals surface area contributed by atoms with Crippen molar-refractivity contribution in [2.75, 3.05) is 13.2 Å². The van der Waals surface area contributed by atoms with Gasteiger partial charge in [-0.25, -0.2) is 8.78 Å². The van der Waals surface area contributed by atoms with Crippen molar-refractivity contribution in [1.29, 1.82) is 0 Å². The van der Waals surface area contributed by atoms with Crippen LogP contribution in [0.15, 0.2) is 36.4 Å². The van der Waals surface area contributed by atoms with Gasteiger partial charge in [0.05, 0.1) is 13.2 Å². The molecule has 2 aromatic carbocycles. The zero-order valence-corrected chi connectivity index (χ0v) is 15.5. The summed E-state index contributed by atoms with van der Waals surface area (Å²) in [5.74, 6) is -0.388. The Morgan fingerprint density at radius 2 is 1.74 bits per heavy atom. The second-order valence-electron chi connectivity index (χ2n) is 6.43. The fourth-order valence-corrected chi connectivity index (χ4v) is 2.94.